The number of ether oxygens (including phenoxy) is 2. The molecule has 0 aliphatic carbocycles. The maximum absolute atomic E-state index is 13.6. The van der Waals surface area contributed by atoms with Gasteiger partial charge in [0.15, 0.2) is 0 Å². The maximum Gasteiger partial charge on any atom is 0.344 e. The summed E-state index contributed by atoms with van der Waals surface area (Å²) in [4.78, 5) is 21.3. The van der Waals surface area contributed by atoms with Gasteiger partial charge in [0.2, 0.25) is 16.0 Å². The smallest absolute Gasteiger partial charge is 0.344 e. The van der Waals surface area contributed by atoms with Crippen molar-refractivity contribution in [2.75, 3.05) is 24.2 Å². The Morgan fingerprint density at radius 3 is 2.46 bits per heavy atom. The number of hydrogen-bond donors (Lipinski definition) is 0. The number of aryl methyl sites for hydroxylation is 1. The van der Waals surface area contributed by atoms with Gasteiger partial charge in [-0.05, 0) is 49.2 Å². The van der Waals surface area contributed by atoms with Gasteiger partial charge in [-0.2, -0.15) is 0 Å². The molecule has 0 N–H and O–H groups in total. The molecule has 10 heteroatoms. The van der Waals surface area contributed by atoms with Gasteiger partial charge in [-0.25, -0.2) is 31.9 Å². The number of esters is 1. The first kappa shape index (κ1) is 26.4. The Bertz CT molecular complexity index is 1480. The predicted octanol–water partition coefficient (Wildman–Crippen LogP) is 4.84. The van der Waals surface area contributed by atoms with Crippen LogP contribution in [0.2, 0.25) is 0 Å². The van der Waals surface area contributed by atoms with Gasteiger partial charge in [-0.1, -0.05) is 31.5 Å². The number of nitrogens with zero attached hydrogens (tertiary/aromatic N) is 3. The molecule has 2 aromatic carbocycles. The van der Waals surface area contributed by atoms with Crippen molar-refractivity contribution in [3.05, 3.63) is 82.3 Å². The maximum atomic E-state index is 13.6. The Kier molecular flexibility index (Phi) is 7.42. The standard InChI is InChI=1S/C27H28FN3O5S/c1-16(2)24-22(15-35-13-12-23-20-11-6-17(3)14-21(20)26(32)36-23)25(18-7-9-19(28)10-8-18)30-27(29-24)31(4)37(5,33)34/h6-12,14,16H,13,15H2,1-5H3/b23-12-. The van der Waals surface area contributed by atoms with Crippen molar-refractivity contribution in [2.45, 2.75) is 33.3 Å². The van der Waals surface area contributed by atoms with Crippen molar-refractivity contribution in [2.24, 2.45) is 0 Å². The zero-order valence-corrected chi connectivity index (χ0v) is 22.1. The molecule has 0 fully saturated rings. The minimum Gasteiger partial charge on any atom is -0.423 e. The summed E-state index contributed by atoms with van der Waals surface area (Å²) in [6.07, 6.45) is 2.77. The van der Waals surface area contributed by atoms with E-state index in [1.807, 2.05) is 32.9 Å². The highest BCUT2D eigenvalue weighted by molar-refractivity contribution is 7.92. The van der Waals surface area contributed by atoms with E-state index in [2.05, 4.69) is 9.97 Å². The van der Waals surface area contributed by atoms with Crippen molar-refractivity contribution in [3.63, 3.8) is 0 Å². The highest BCUT2D eigenvalue weighted by Gasteiger charge is 2.26. The molecule has 1 aliphatic heterocycles. The lowest BCUT2D eigenvalue weighted by Crippen LogP contribution is -2.28. The molecule has 194 valence electrons. The summed E-state index contributed by atoms with van der Waals surface area (Å²) in [5, 5.41) is 0. The normalized spacial score (nSPS) is 14.2. The van der Waals surface area contributed by atoms with Crippen LogP contribution in [0, 0.1) is 12.7 Å². The zero-order valence-electron chi connectivity index (χ0n) is 21.3. The van der Waals surface area contributed by atoms with Crippen molar-refractivity contribution in [1.82, 2.24) is 9.97 Å². The van der Waals surface area contributed by atoms with Crippen molar-refractivity contribution < 1.29 is 27.1 Å². The average molecular weight is 526 g/mol. The van der Waals surface area contributed by atoms with E-state index in [4.69, 9.17) is 9.47 Å². The summed E-state index contributed by atoms with van der Waals surface area (Å²) < 4.78 is 50.4. The molecule has 0 unspecified atom stereocenters. The minimum absolute atomic E-state index is 0.0150. The number of anilines is 1. The number of carbonyl (C=O) groups excluding carboxylic acids is 1. The fourth-order valence-electron chi connectivity index (χ4n) is 3.94. The van der Waals surface area contributed by atoms with E-state index < -0.39 is 21.8 Å². The number of halogens is 1. The topological polar surface area (TPSA) is 98.7 Å². The summed E-state index contributed by atoms with van der Waals surface area (Å²) in [6, 6.07) is 11.3. The summed E-state index contributed by atoms with van der Waals surface area (Å²) in [6.45, 7) is 6.01. The molecule has 4 rings (SSSR count). The molecule has 1 aliphatic rings. The fraction of sp³-hybridized carbons (Fsp3) is 0.296. The molecule has 3 aromatic rings. The van der Waals surface area contributed by atoms with E-state index >= 15 is 0 Å². The summed E-state index contributed by atoms with van der Waals surface area (Å²) in [7, 11) is -2.23. The molecule has 1 aromatic heterocycles. The third kappa shape index (κ3) is 5.70. The predicted molar refractivity (Wildman–Crippen MR) is 139 cm³/mol. The van der Waals surface area contributed by atoms with Crippen LogP contribution in [0.15, 0.2) is 48.5 Å². The quantitative estimate of drug-likeness (QED) is 0.307. The van der Waals surface area contributed by atoms with Gasteiger partial charge in [0.25, 0.3) is 0 Å². The molecule has 0 radical (unpaired) electrons. The van der Waals surface area contributed by atoms with Crippen LogP contribution in [-0.2, 0) is 26.1 Å². The number of sulfonamides is 1. The molecule has 8 nitrogen and oxygen atoms in total. The van der Waals surface area contributed by atoms with Gasteiger partial charge in [0, 0.05) is 23.7 Å². The molecule has 0 atom stereocenters. The number of fused-ring (bicyclic) bond motifs is 1. The van der Waals surface area contributed by atoms with Crippen molar-refractivity contribution >= 4 is 27.7 Å². The van der Waals surface area contributed by atoms with Crippen LogP contribution in [0.4, 0.5) is 10.3 Å². The molecular weight excluding hydrogens is 497 g/mol. The monoisotopic (exact) mass is 525 g/mol. The Morgan fingerprint density at radius 1 is 1.11 bits per heavy atom. The fourth-order valence-corrected chi connectivity index (χ4v) is 4.32. The SMILES string of the molecule is Cc1ccc2c(c1)C(=O)O/C2=C\COCc1c(-c2ccc(F)cc2)nc(N(C)S(C)(=O)=O)nc1C(C)C. The summed E-state index contributed by atoms with van der Waals surface area (Å²) in [5.41, 5.74) is 4.51. The Balaban J connectivity index is 1.67. The number of benzene rings is 2. The molecule has 0 bridgehead atoms. The Morgan fingerprint density at radius 2 is 1.81 bits per heavy atom. The van der Waals surface area contributed by atoms with Gasteiger partial charge < -0.3 is 9.47 Å². The van der Waals surface area contributed by atoms with Gasteiger partial charge in [-0.15, -0.1) is 0 Å². The van der Waals surface area contributed by atoms with Crippen LogP contribution in [0.3, 0.4) is 0 Å². The number of carbonyl (C=O) groups is 1. The zero-order chi connectivity index (χ0) is 26.9. The lowest BCUT2D eigenvalue weighted by atomic mass is 9.99. The van der Waals surface area contributed by atoms with Gasteiger partial charge in [0.1, 0.15) is 11.6 Å². The molecule has 0 saturated carbocycles. The van der Waals surface area contributed by atoms with Crippen LogP contribution in [0.1, 0.15) is 52.5 Å². The molecule has 0 saturated heterocycles. The highest BCUT2D eigenvalue weighted by atomic mass is 32.2. The van der Waals surface area contributed by atoms with E-state index in [1.54, 1.807) is 24.3 Å². The van der Waals surface area contributed by atoms with Gasteiger partial charge in [-0.3, -0.25) is 0 Å². The third-order valence-electron chi connectivity index (χ3n) is 5.97. The molecule has 37 heavy (non-hydrogen) atoms. The first-order chi connectivity index (χ1) is 17.5. The van der Waals surface area contributed by atoms with E-state index in [0.717, 1.165) is 16.1 Å². The highest BCUT2D eigenvalue weighted by Crippen LogP contribution is 2.32. The number of hydrogen-bond acceptors (Lipinski definition) is 7. The number of rotatable bonds is 8. The third-order valence-corrected chi connectivity index (χ3v) is 7.13. The summed E-state index contributed by atoms with van der Waals surface area (Å²) in [5.74, 6) is -0.437. The van der Waals surface area contributed by atoms with E-state index in [1.165, 1.54) is 19.2 Å². The van der Waals surface area contributed by atoms with Crippen LogP contribution >= 0.6 is 0 Å². The number of cyclic esters (lactones) is 1. The first-order valence-corrected chi connectivity index (χ1v) is 13.5. The van der Waals surface area contributed by atoms with Crippen LogP contribution in [-0.4, -0.2) is 44.3 Å². The van der Waals surface area contributed by atoms with Crippen molar-refractivity contribution in [1.29, 1.82) is 0 Å². The second kappa shape index (κ2) is 10.4. The van der Waals surface area contributed by atoms with Crippen LogP contribution in [0.5, 0.6) is 0 Å². The van der Waals surface area contributed by atoms with E-state index in [0.29, 0.717) is 39.4 Å². The Labute approximate surface area is 215 Å². The molecule has 0 amide bonds. The number of aromatic nitrogens is 2. The molecular formula is C27H28FN3O5S. The van der Waals surface area contributed by atoms with E-state index in [-0.39, 0.29) is 25.1 Å². The Hall–Kier alpha value is -3.63. The first-order valence-electron chi connectivity index (χ1n) is 11.7. The second-order valence-electron chi connectivity index (χ2n) is 9.15. The molecule has 0 spiro atoms. The average Bonchev–Trinajstić information content (AvgIpc) is 3.15. The lowest BCUT2D eigenvalue weighted by Gasteiger charge is -2.21. The van der Waals surface area contributed by atoms with Crippen LogP contribution < -0.4 is 4.31 Å². The van der Waals surface area contributed by atoms with Gasteiger partial charge >= 0.3 is 5.97 Å². The van der Waals surface area contributed by atoms with Crippen LogP contribution in [0.25, 0.3) is 17.0 Å². The van der Waals surface area contributed by atoms with E-state index in [9.17, 15) is 17.6 Å². The second-order valence-corrected chi connectivity index (χ2v) is 11.2. The largest absolute Gasteiger partial charge is 0.423 e. The minimum atomic E-state index is -3.61. The van der Waals surface area contributed by atoms with Gasteiger partial charge in [0.05, 0.1) is 36.4 Å². The summed E-state index contributed by atoms with van der Waals surface area (Å²) >= 11 is 0. The lowest BCUT2D eigenvalue weighted by molar-refractivity contribution is 0.0713. The molecule has 2 heterocycles. The van der Waals surface area contributed by atoms with Crippen molar-refractivity contribution in [3.8, 4) is 11.3 Å².